The second kappa shape index (κ2) is 5.38. The molecule has 1 atom stereocenters. The smallest absolute Gasteiger partial charge is 0.331 e. The Balaban J connectivity index is 2.21. The van der Waals surface area contributed by atoms with Crippen molar-refractivity contribution in [3.05, 3.63) is 47.5 Å². The van der Waals surface area contributed by atoms with Crippen LogP contribution in [0.2, 0.25) is 0 Å². The van der Waals surface area contributed by atoms with Gasteiger partial charge in [0, 0.05) is 12.5 Å². The molecule has 0 aliphatic carbocycles. The molecule has 0 aromatic heterocycles. The van der Waals surface area contributed by atoms with E-state index in [1.54, 1.807) is 6.08 Å². The lowest BCUT2D eigenvalue weighted by Crippen LogP contribution is -2.32. The number of carbonyl (C=O) groups excluding carboxylic acids is 1. The van der Waals surface area contributed by atoms with Crippen LogP contribution in [0, 0.1) is 0 Å². The number of cyclic esters (lactones) is 1. The third-order valence-electron chi connectivity index (χ3n) is 3.45. The Hall–Kier alpha value is -1.57. The molecule has 1 aromatic carbocycles. The molecule has 18 heavy (non-hydrogen) atoms. The minimum atomic E-state index is -0.504. The summed E-state index contributed by atoms with van der Waals surface area (Å²) in [4.78, 5) is 11.7. The van der Waals surface area contributed by atoms with E-state index in [1.807, 2.05) is 37.3 Å². The molecular formula is C16H20O2. The Morgan fingerprint density at radius 3 is 2.67 bits per heavy atom. The van der Waals surface area contributed by atoms with Gasteiger partial charge in [-0.3, -0.25) is 0 Å². The third kappa shape index (κ3) is 2.81. The summed E-state index contributed by atoms with van der Waals surface area (Å²) in [6, 6.07) is 9.99. The first-order valence-electron chi connectivity index (χ1n) is 6.62. The van der Waals surface area contributed by atoms with E-state index >= 15 is 0 Å². The van der Waals surface area contributed by atoms with E-state index in [1.165, 1.54) is 5.57 Å². The van der Waals surface area contributed by atoms with E-state index in [0.29, 0.717) is 0 Å². The van der Waals surface area contributed by atoms with Gasteiger partial charge in [-0.2, -0.15) is 0 Å². The van der Waals surface area contributed by atoms with Crippen molar-refractivity contribution in [2.45, 2.75) is 45.1 Å². The highest BCUT2D eigenvalue weighted by molar-refractivity contribution is 5.84. The average Bonchev–Trinajstić information content (AvgIpc) is 2.36. The van der Waals surface area contributed by atoms with Crippen LogP contribution in [-0.2, 0) is 15.1 Å². The van der Waals surface area contributed by atoms with E-state index in [-0.39, 0.29) is 5.97 Å². The van der Waals surface area contributed by atoms with E-state index in [2.05, 4.69) is 6.92 Å². The highest BCUT2D eigenvalue weighted by Crippen LogP contribution is 2.36. The van der Waals surface area contributed by atoms with Gasteiger partial charge in [-0.05, 0) is 25.3 Å². The summed E-state index contributed by atoms with van der Waals surface area (Å²) in [5, 5.41) is 0. The van der Waals surface area contributed by atoms with Gasteiger partial charge in [0.05, 0.1) is 0 Å². The quantitative estimate of drug-likeness (QED) is 0.749. The van der Waals surface area contributed by atoms with Gasteiger partial charge in [-0.1, -0.05) is 49.2 Å². The van der Waals surface area contributed by atoms with Gasteiger partial charge < -0.3 is 4.74 Å². The fourth-order valence-electron chi connectivity index (χ4n) is 2.45. The Labute approximate surface area is 109 Å². The topological polar surface area (TPSA) is 26.3 Å². The summed E-state index contributed by atoms with van der Waals surface area (Å²) in [5.74, 6) is -0.210. The molecule has 0 unspecified atom stereocenters. The Kier molecular flexibility index (Phi) is 3.85. The number of benzene rings is 1. The van der Waals surface area contributed by atoms with E-state index < -0.39 is 5.60 Å². The van der Waals surface area contributed by atoms with Crippen LogP contribution < -0.4 is 0 Å². The minimum Gasteiger partial charge on any atom is -0.451 e. The van der Waals surface area contributed by atoms with Crippen molar-refractivity contribution in [2.75, 3.05) is 0 Å². The highest BCUT2D eigenvalue weighted by Gasteiger charge is 2.34. The second-order valence-electron chi connectivity index (χ2n) is 5.10. The van der Waals surface area contributed by atoms with Crippen LogP contribution in [0.1, 0.15) is 45.1 Å². The Morgan fingerprint density at radius 2 is 2.00 bits per heavy atom. The van der Waals surface area contributed by atoms with Gasteiger partial charge in [0.2, 0.25) is 0 Å². The molecule has 0 amide bonds. The fraction of sp³-hybridized carbons (Fsp3) is 0.438. The van der Waals surface area contributed by atoms with Gasteiger partial charge in [-0.25, -0.2) is 4.79 Å². The number of hydrogen-bond acceptors (Lipinski definition) is 2. The SMILES string of the molecule is CCCCC1=CC(=O)O[C@@](C)(c2ccccc2)C1. The summed E-state index contributed by atoms with van der Waals surface area (Å²) in [6.45, 7) is 4.16. The van der Waals surface area contributed by atoms with E-state index in [4.69, 9.17) is 4.74 Å². The number of ether oxygens (including phenoxy) is 1. The van der Waals surface area contributed by atoms with Gasteiger partial charge in [-0.15, -0.1) is 0 Å². The molecule has 2 heteroatoms. The Bertz CT molecular complexity index is 447. The third-order valence-corrected chi connectivity index (χ3v) is 3.45. The monoisotopic (exact) mass is 244 g/mol. The lowest BCUT2D eigenvalue weighted by atomic mass is 9.85. The van der Waals surface area contributed by atoms with Crippen molar-refractivity contribution in [1.82, 2.24) is 0 Å². The molecule has 0 fully saturated rings. The first-order valence-corrected chi connectivity index (χ1v) is 6.62. The van der Waals surface area contributed by atoms with Crippen LogP contribution in [0.15, 0.2) is 42.0 Å². The molecule has 0 spiro atoms. The van der Waals surface area contributed by atoms with E-state index in [0.717, 1.165) is 31.2 Å². The zero-order valence-corrected chi connectivity index (χ0v) is 11.1. The zero-order chi connectivity index (χ0) is 13.0. The molecular weight excluding hydrogens is 224 g/mol. The van der Waals surface area contributed by atoms with Gasteiger partial charge >= 0.3 is 5.97 Å². The summed E-state index contributed by atoms with van der Waals surface area (Å²) in [6.07, 6.45) is 5.75. The maximum absolute atomic E-state index is 11.7. The molecule has 0 radical (unpaired) electrons. The van der Waals surface area contributed by atoms with Crippen LogP contribution in [0.25, 0.3) is 0 Å². The van der Waals surface area contributed by atoms with Crippen molar-refractivity contribution in [2.24, 2.45) is 0 Å². The lowest BCUT2D eigenvalue weighted by Gasteiger charge is -2.34. The van der Waals surface area contributed by atoms with Crippen molar-refractivity contribution < 1.29 is 9.53 Å². The zero-order valence-electron chi connectivity index (χ0n) is 11.1. The average molecular weight is 244 g/mol. The number of unbranched alkanes of at least 4 members (excludes halogenated alkanes) is 1. The van der Waals surface area contributed by atoms with Crippen LogP contribution >= 0.6 is 0 Å². The molecule has 1 aliphatic rings. The molecule has 0 saturated heterocycles. The first kappa shape index (κ1) is 12.9. The van der Waals surface area contributed by atoms with Crippen LogP contribution in [-0.4, -0.2) is 5.97 Å². The van der Waals surface area contributed by atoms with Crippen molar-refractivity contribution in [3.63, 3.8) is 0 Å². The number of rotatable bonds is 4. The van der Waals surface area contributed by atoms with Crippen LogP contribution in [0.5, 0.6) is 0 Å². The summed E-state index contributed by atoms with van der Waals surface area (Å²) in [7, 11) is 0. The molecule has 0 bridgehead atoms. The van der Waals surface area contributed by atoms with Crippen LogP contribution in [0.4, 0.5) is 0 Å². The van der Waals surface area contributed by atoms with Gasteiger partial charge in [0.25, 0.3) is 0 Å². The van der Waals surface area contributed by atoms with Crippen molar-refractivity contribution >= 4 is 5.97 Å². The number of esters is 1. The number of carbonyl (C=O) groups is 1. The van der Waals surface area contributed by atoms with E-state index in [9.17, 15) is 4.79 Å². The van der Waals surface area contributed by atoms with Crippen LogP contribution in [0.3, 0.4) is 0 Å². The standard InChI is InChI=1S/C16H20O2/c1-3-4-8-13-11-15(17)18-16(2,12-13)14-9-6-5-7-10-14/h5-7,9-11H,3-4,8,12H2,1-2H3/t16-/m1/s1. The minimum absolute atomic E-state index is 0.210. The summed E-state index contributed by atoms with van der Waals surface area (Å²) in [5.41, 5.74) is 1.77. The molecule has 96 valence electrons. The van der Waals surface area contributed by atoms with Gasteiger partial charge in [0.1, 0.15) is 5.60 Å². The molecule has 1 aliphatic heterocycles. The lowest BCUT2D eigenvalue weighted by molar-refractivity contribution is -0.155. The molecule has 0 saturated carbocycles. The van der Waals surface area contributed by atoms with Crippen molar-refractivity contribution in [1.29, 1.82) is 0 Å². The fourth-order valence-corrected chi connectivity index (χ4v) is 2.45. The predicted molar refractivity (Wildman–Crippen MR) is 72.1 cm³/mol. The molecule has 2 rings (SSSR count). The molecule has 1 heterocycles. The largest absolute Gasteiger partial charge is 0.451 e. The Morgan fingerprint density at radius 1 is 1.28 bits per heavy atom. The highest BCUT2D eigenvalue weighted by atomic mass is 16.6. The van der Waals surface area contributed by atoms with Gasteiger partial charge in [0.15, 0.2) is 0 Å². The summed E-state index contributed by atoms with van der Waals surface area (Å²) >= 11 is 0. The normalized spacial score (nSPS) is 23.4. The summed E-state index contributed by atoms with van der Waals surface area (Å²) < 4.78 is 5.55. The maximum atomic E-state index is 11.7. The number of hydrogen-bond donors (Lipinski definition) is 0. The van der Waals surface area contributed by atoms with Crippen molar-refractivity contribution in [3.8, 4) is 0 Å². The first-order chi connectivity index (χ1) is 8.64. The molecule has 1 aromatic rings. The second-order valence-corrected chi connectivity index (χ2v) is 5.10. The maximum Gasteiger partial charge on any atom is 0.331 e. The molecule has 0 N–H and O–H groups in total. The predicted octanol–water partition coefficient (Wildman–Crippen LogP) is 3.97. The molecule has 2 nitrogen and oxygen atoms in total.